The van der Waals surface area contributed by atoms with Crippen LogP contribution in [0.1, 0.15) is 38.2 Å². The molecule has 0 spiro atoms. The van der Waals surface area contributed by atoms with Crippen molar-refractivity contribution in [2.75, 3.05) is 10.3 Å². The minimum absolute atomic E-state index is 0.0422. The van der Waals surface area contributed by atoms with E-state index in [0.29, 0.717) is 22.4 Å². The van der Waals surface area contributed by atoms with Crippen LogP contribution in [0.2, 0.25) is 0 Å². The Bertz CT molecular complexity index is 1760. The number of amides is 1. The summed E-state index contributed by atoms with van der Waals surface area (Å²) in [6.45, 7) is 5.38. The predicted molar refractivity (Wildman–Crippen MR) is 150 cm³/mol. The van der Waals surface area contributed by atoms with E-state index >= 15 is 0 Å². The molecule has 1 aliphatic rings. The van der Waals surface area contributed by atoms with E-state index in [1.165, 1.54) is 23.1 Å². The van der Waals surface area contributed by atoms with Crippen LogP contribution in [0.5, 0.6) is 5.75 Å². The van der Waals surface area contributed by atoms with Crippen LogP contribution in [0.15, 0.2) is 77.9 Å². The highest BCUT2D eigenvalue weighted by Crippen LogP contribution is 2.41. The highest BCUT2D eigenvalue weighted by molar-refractivity contribution is 6.55. The topological polar surface area (TPSA) is 102 Å². The monoisotopic (exact) mass is 559 g/mol. The largest absolute Gasteiger partial charge is 0.505 e. The summed E-state index contributed by atoms with van der Waals surface area (Å²) in [5.74, 6) is -1.91. The lowest BCUT2D eigenvalue weighted by Crippen LogP contribution is -2.26. The second-order valence-electron chi connectivity index (χ2n) is 9.75. The first-order valence-corrected chi connectivity index (χ1v) is 12.5. The van der Waals surface area contributed by atoms with Crippen molar-refractivity contribution in [1.82, 2.24) is 0 Å². The van der Waals surface area contributed by atoms with Gasteiger partial charge in [-0.2, -0.15) is 18.3 Å². The fourth-order valence-electron chi connectivity index (χ4n) is 4.71. The quantitative estimate of drug-likeness (QED) is 0.177. The van der Waals surface area contributed by atoms with Crippen molar-refractivity contribution in [2.24, 2.45) is 5.10 Å². The van der Waals surface area contributed by atoms with Gasteiger partial charge in [0.15, 0.2) is 5.71 Å². The molecule has 5 rings (SSSR count). The molecular weight excluding hydrogens is 535 g/mol. The lowest BCUT2D eigenvalue weighted by molar-refractivity contribution is -0.137. The number of carboxylic acids is 1. The molecule has 208 valence electrons. The number of hydrogen-bond donors (Lipinski definition) is 3. The van der Waals surface area contributed by atoms with Crippen molar-refractivity contribution in [2.45, 2.75) is 26.9 Å². The lowest BCUT2D eigenvalue weighted by Gasteiger charge is -2.19. The number of carbonyl (C=O) groups is 2. The molecule has 1 amide bonds. The van der Waals surface area contributed by atoms with Crippen LogP contribution in [-0.2, 0) is 11.0 Å². The SMILES string of the molecule is Cc1ccc(N2C(=O)/C(=N\Nc3cccc(-c4ccc(C(=O)O)c(C)c4)c3O)c3ccc(C(F)(F)F)cc32)cc1C. The van der Waals surface area contributed by atoms with E-state index in [1.807, 2.05) is 13.8 Å². The Hall–Kier alpha value is -5.12. The number of aromatic carboxylic acids is 1. The number of para-hydroxylation sites is 1. The Morgan fingerprint density at radius 2 is 1.63 bits per heavy atom. The third-order valence-electron chi connectivity index (χ3n) is 7.07. The van der Waals surface area contributed by atoms with Crippen molar-refractivity contribution >= 4 is 34.7 Å². The highest BCUT2D eigenvalue weighted by atomic mass is 19.4. The summed E-state index contributed by atoms with van der Waals surface area (Å²) in [5.41, 5.74) is 5.85. The number of hydrogen-bond acceptors (Lipinski definition) is 5. The smallest absolute Gasteiger partial charge is 0.416 e. The molecule has 10 heteroatoms. The number of nitrogens with one attached hydrogen (secondary N) is 1. The van der Waals surface area contributed by atoms with Crippen LogP contribution in [0.4, 0.5) is 30.2 Å². The average molecular weight is 560 g/mol. The molecule has 0 saturated carbocycles. The van der Waals surface area contributed by atoms with E-state index in [-0.39, 0.29) is 34.0 Å². The maximum Gasteiger partial charge on any atom is 0.416 e. The third-order valence-corrected chi connectivity index (χ3v) is 7.07. The molecule has 0 saturated heterocycles. The molecule has 41 heavy (non-hydrogen) atoms. The molecule has 0 fully saturated rings. The fraction of sp³-hybridized carbons (Fsp3) is 0.129. The van der Waals surface area contributed by atoms with E-state index in [2.05, 4.69) is 10.5 Å². The molecule has 0 radical (unpaired) electrons. The average Bonchev–Trinajstić information content (AvgIpc) is 3.19. The van der Waals surface area contributed by atoms with Crippen molar-refractivity contribution in [1.29, 1.82) is 0 Å². The van der Waals surface area contributed by atoms with Gasteiger partial charge in [-0.3, -0.25) is 15.1 Å². The summed E-state index contributed by atoms with van der Waals surface area (Å²) in [7, 11) is 0. The molecule has 0 aromatic heterocycles. The van der Waals surface area contributed by atoms with Crippen LogP contribution in [0.25, 0.3) is 11.1 Å². The molecule has 7 nitrogen and oxygen atoms in total. The Balaban J connectivity index is 1.55. The van der Waals surface area contributed by atoms with E-state index in [0.717, 1.165) is 23.3 Å². The first-order valence-electron chi connectivity index (χ1n) is 12.5. The highest BCUT2D eigenvalue weighted by Gasteiger charge is 2.39. The Morgan fingerprint density at radius 3 is 2.29 bits per heavy atom. The molecule has 1 aliphatic heterocycles. The number of carboxylic acid groups (broad SMARTS) is 1. The van der Waals surface area contributed by atoms with Gasteiger partial charge in [-0.25, -0.2) is 4.79 Å². The van der Waals surface area contributed by atoms with Gasteiger partial charge in [0, 0.05) is 16.8 Å². The zero-order valence-electron chi connectivity index (χ0n) is 22.2. The molecule has 4 aromatic rings. The number of benzene rings is 4. The summed E-state index contributed by atoms with van der Waals surface area (Å²) >= 11 is 0. The van der Waals surface area contributed by atoms with Crippen molar-refractivity contribution < 1.29 is 33.0 Å². The molecular formula is C31H24F3N3O4. The zero-order valence-corrected chi connectivity index (χ0v) is 22.2. The molecule has 0 bridgehead atoms. The maximum absolute atomic E-state index is 13.6. The van der Waals surface area contributed by atoms with Gasteiger partial charge < -0.3 is 10.2 Å². The number of alkyl halides is 3. The van der Waals surface area contributed by atoms with Gasteiger partial charge >= 0.3 is 12.1 Å². The van der Waals surface area contributed by atoms with Gasteiger partial charge in [0.2, 0.25) is 0 Å². The number of hydrazone groups is 1. The van der Waals surface area contributed by atoms with Gasteiger partial charge in [-0.05, 0) is 85.5 Å². The number of nitrogens with zero attached hydrogens (tertiary/aromatic N) is 2. The van der Waals surface area contributed by atoms with E-state index in [1.54, 1.807) is 49.4 Å². The first kappa shape index (κ1) is 27.4. The standard InChI is InChI=1S/C31H24F3N3O4/c1-16-7-10-21(14-17(16)2)37-26-15-20(31(32,33)34)9-12-24(26)27(29(37)39)36-35-25-6-4-5-23(28(25)38)19-8-11-22(30(40)41)18(3)13-19/h4-15,35,38H,1-3H3,(H,40,41)/b36-27-. The lowest BCUT2D eigenvalue weighted by atomic mass is 9.99. The number of phenols is 1. The van der Waals surface area contributed by atoms with Crippen molar-refractivity contribution in [3.63, 3.8) is 0 Å². The number of fused-ring (bicyclic) bond motifs is 1. The van der Waals surface area contributed by atoms with Crippen molar-refractivity contribution in [3.05, 3.63) is 106 Å². The predicted octanol–water partition coefficient (Wildman–Crippen LogP) is 7.20. The summed E-state index contributed by atoms with van der Waals surface area (Å²) in [4.78, 5) is 26.2. The zero-order chi connectivity index (χ0) is 29.6. The number of aryl methyl sites for hydroxylation is 3. The van der Waals surface area contributed by atoms with Crippen LogP contribution < -0.4 is 10.3 Å². The number of anilines is 3. The Labute approximate surface area is 233 Å². The van der Waals surface area contributed by atoms with Crippen LogP contribution in [0.3, 0.4) is 0 Å². The summed E-state index contributed by atoms with van der Waals surface area (Å²) < 4.78 is 40.7. The fourth-order valence-corrected chi connectivity index (χ4v) is 4.71. The van der Waals surface area contributed by atoms with Gasteiger partial charge in [0.05, 0.1) is 22.5 Å². The second kappa shape index (κ2) is 10.1. The molecule has 4 aromatic carbocycles. The summed E-state index contributed by atoms with van der Waals surface area (Å²) in [6.07, 6.45) is -4.61. The van der Waals surface area contributed by atoms with Gasteiger partial charge in [-0.15, -0.1) is 0 Å². The minimum Gasteiger partial charge on any atom is -0.505 e. The Morgan fingerprint density at radius 1 is 0.878 bits per heavy atom. The first-order chi connectivity index (χ1) is 19.4. The van der Waals surface area contributed by atoms with Gasteiger partial charge in [0.25, 0.3) is 5.91 Å². The van der Waals surface area contributed by atoms with Crippen LogP contribution >= 0.6 is 0 Å². The third kappa shape index (κ3) is 5.00. The molecule has 0 aliphatic carbocycles. The number of rotatable bonds is 5. The number of carbonyl (C=O) groups excluding carboxylic acids is 1. The van der Waals surface area contributed by atoms with Crippen molar-refractivity contribution in [3.8, 4) is 16.9 Å². The number of phenolic OH excluding ortho intramolecular Hbond substituents is 1. The summed E-state index contributed by atoms with van der Waals surface area (Å²) in [5, 5.41) is 24.5. The van der Waals surface area contributed by atoms with Crippen LogP contribution in [-0.4, -0.2) is 27.8 Å². The van der Waals surface area contributed by atoms with E-state index in [4.69, 9.17) is 0 Å². The number of halogens is 3. The number of aromatic hydroxyl groups is 1. The molecule has 0 atom stereocenters. The van der Waals surface area contributed by atoms with E-state index in [9.17, 15) is 33.0 Å². The molecule has 3 N–H and O–H groups in total. The van der Waals surface area contributed by atoms with Gasteiger partial charge in [0.1, 0.15) is 5.75 Å². The Kier molecular flexibility index (Phi) is 6.78. The molecule has 1 heterocycles. The van der Waals surface area contributed by atoms with Crippen LogP contribution in [0, 0.1) is 20.8 Å². The minimum atomic E-state index is -4.61. The molecule has 0 unspecified atom stereocenters. The normalized spacial score (nSPS) is 14.0. The van der Waals surface area contributed by atoms with E-state index < -0.39 is 23.6 Å². The summed E-state index contributed by atoms with van der Waals surface area (Å²) in [6, 6.07) is 17.6. The maximum atomic E-state index is 13.6. The van der Waals surface area contributed by atoms with Gasteiger partial charge in [-0.1, -0.05) is 30.3 Å². The second-order valence-corrected chi connectivity index (χ2v) is 9.75.